The van der Waals surface area contributed by atoms with Crippen molar-refractivity contribution in [3.8, 4) is 5.75 Å². The van der Waals surface area contributed by atoms with Crippen molar-refractivity contribution >= 4 is 11.6 Å². The smallest absolute Gasteiger partial charge is 0.244 e. The fourth-order valence-corrected chi connectivity index (χ4v) is 4.60. The van der Waals surface area contributed by atoms with Gasteiger partial charge in [-0.15, -0.1) is 0 Å². The van der Waals surface area contributed by atoms with E-state index >= 15 is 0 Å². The molecule has 1 atom stereocenters. The maximum Gasteiger partial charge on any atom is 0.244 e. The summed E-state index contributed by atoms with van der Waals surface area (Å²) < 4.78 is 42.6. The van der Waals surface area contributed by atoms with Gasteiger partial charge in [-0.2, -0.15) is 0 Å². The summed E-state index contributed by atoms with van der Waals surface area (Å²) in [5.41, 5.74) is 1.34. The molecule has 2 N–H and O–H groups in total. The second kappa shape index (κ2) is 6.11. The standard InChI is InChI=1S/C23H16F3NO2/c24-18-11-17-21(20(26)19(18)25)27-22(29)23(17,14-6-8-16(28)9-7-14)15-5-4-12-2-1-3-13(12)10-15/h4-11,28H,1-3H2,(H,27,29). The predicted octanol–water partition coefficient (Wildman–Crippen LogP) is 4.58. The van der Waals surface area contributed by atoms with Gasteiger partial charge in [0, 0.05) is 5.56 Å². The number of phenolic OH excluding ortho intramolecular Hbond substituents is 1. The van der Waals surface area contributed by atoms with Crippen LogP contribution < -0.4 is 5.32 Å². The molecule has 29 heavy (non-hydrogen) atoms. The molecule has 0 saturated heterocycles. The van der Waals surface area contributed by atoms with Crippen LogP contribution in [0.25, 0.3) is 0 Å². The Morgan fingerprint density at radius 1 is 0.862 bits per heavy atom. The van der Waals surface area contributed by atoms with Gasteiger partial charge in [-0.25, -0.2) is 13.2 Å². The minimum absolute atomic E-state index is 0.00653. The van der Waals surface area contributed by atoms with E-state index in [9.17, 15) is 23.1 Å². The molecule has 1 unspecified atom stereocenters. The summed E-state index contributed by atoms with van der Waals surface area (Å²) in [5.74, 6) is -5.01. The van der Waals surface area contributed by atoms with Crippen molar-refractivity contribution in [1.82, 2.24) is 0 Å². The molecule has 2 aliphatic rings. The van der Waals surface area contributed by atoms with Gasteiger partial charge in [-0.1, -0.05) is 30.3 Å². The van der Waals surface area contributed by atoms with E-state index in [0.29, 0.717) is 11.1 Å². The summed E-state index contributed by atoms with van der Waals surface area (Å²) >= 11 is 0. The largest absolute Gasteiger partial charge is 0.508 e. The molecule has 146 valence electrons. The van der Waals surface area contributed by atoms with Gasteiger partial charge in [-0.05, 0) is 59.7 Å². The number of anilines is 1. The van der Waals surface area contributed by atoms with Crippen LogP contribution in [0.2, 0.25) is 0 Å². The van der Waals surface area contributed by atoms with E-state index in [0.717, 1.165) is 30.9 Å². The van der Waals surface area contributed by atoms with E-state index in [4.69, 9.17) is 0 Å². The minimum atomic E-state index is -1.63. The molecule has 6 heteroatoms. The van der Waals surface area contributed by atoms with Gasteiger partial charge in [0.1, 0.15) is 11.2 Å². The molecular weight excluding hydrogens is 379 g/mol. The molecule has 1 aliphatic carbocycles. The lowest BCUT2D eigenvalue weighted by atomic mass is 9.69. The van der Waals surface area contributed by atoms with Crippen LogP contribution in [0.3, 0.4) is 0 Å². The van der Waals surface area contributed by atoms with Crippen molar-refractivity contribution in [1.29, 1.82) is 0 Å². The quantitative estimate of drug-likeness (QED) is 0.624. The summed E-state index contributed by atoms with van der Waals surface area (Å²) in [6.07, 6.45) is 2.80. The Kier molecular flexibility index (Phi) is 3.75. The van der Waals surface area contributed by atoms with E-state index in [2.05, 4.69) is 5.32 Å². The fraction of sp³-hybridized carbons (Fsp3) is 0.174. The monoisotopic (exact) mass is 395 g/mol. The Morgan fingerprint density at radius 2 is 1.55 bits per heavy atom. The highest BCUT2D eigenvalue weighted by Crippen LogP contribution is 2.50. The number of phenols is 1. The number of halogens is 3. The second-order valence-corrected chi connectivity index (χ2v) is 7.50. The number of fused-ring (bicyclic) bond motifs is 2. The number of benzene rings is 3. The maximum atomic E-state index is 14.5. The summed E-state index contributed by atoms with van der Waals surface area (Å²) in [6, 6.07) is 12.4. The number of aromatic hydroxyl groups is 1. The lowest BCUT2D eigenvalue weighted by Gasteiger charge is -2.29. The Balaban J connectivity index is 1.87. The van der Waals surface area contributed by atoms with Crippen molar-refractivity contribution in [2.75, 3.05) is 5.32 Å². The summed E-state index contributed by atoms with van der Waals surface area (Å²) in [4.78, 5) is 13.3. The third-order valence-electron chi connectivity index (χ3n) is 5.98. The van der Waals surface area contributed by atoms with E-state index < -0.39 is 28.8 Å². The molecule has 0 saturated carbocycles. The third-order valence-corrected chi connectivity index (χ3v) is 5.98. The molecule has 0 aromatic heterocycles. The SMILES string of the molecule is O=C1Nc2c(cc(F)c(F)c2F)C1(c1ccc(O)cc1)c1ccc2c(c1)CCC2. The number of aryl methyl sites for hydroxylation is 2. The average molecular weight is 395 g/mol. The summed E-state index contributed by atoms with van der Waals surface area (Å²) in [5, 5.41) is 12.1. The van der Waals surface area contributed by atoms with Gasteiger partial charge in [0.25, 0.3) is 0 Å². The van der Waals surface area contributed by atoms with E-state index in [1.165, 1.54) is 29.8 Å². The van der Waals surface area contributed by atoms with Crippen LogP contribution in [0.1, 0.15) is 34.2 Å². The molecule has 0 spiro atoms. The van der Waals surface area contributed by atoms with Gasteiger partial charge < -0.3 is 10.4 Å². The van der Waals surface area contributed by atoms with Crippen molar-refractivity contribution in [3.05, 3.63) is 93.8 Å². The molecule has 0 radical (unpaired) electrons. The highest BCUT2D eigenvalue weighted by molar-refractivity contribution is 6.11. The Bertz CT molecular complexity index is 1170. The van der Waals surface area contributed by atoms with Crippen LogP contribution in [-0.2, 0) is 23.1 Å². The van der Waals surface area contributed by atoms with Crippen molar-refractivity contribution in [2.24, 2.45) is 0 Å². The van der Waals surface area contributed by atoms with Gasteiger partial charge in [-0.3, -0.25) is 4.79 Å². The maximum absolute atomic E-state index is 14.5. The van der Waals surface area contributed by atoms with Crippen molar-refractivity contribution in [3.63, 3.8) is 0 Å². The zero-order valence-corrected chi connectivity index (χ0v) is 15.2. The Labute approximate surface area is 164 Å². The first-order valence-electron chi connectivity index (χ1n) is 9.34. The second-order valence-electron chi connectivity index (χ2n) is 7.50. The zero-order valence-electron chi connectivity index (χ0n) is 15.2. The van der Waals surface area contributed by atoms with Crippen LogP contribution in [0.15, 0.2) is 48.5 Å². The normalized spacial score (nSPS) is 19.8. The molecule has 1 heterocycles. The Hall–Kier alpha value is -3.28. The molecule has 0 fully saturated rings. The number of carbonyl (C=O) groups is 1. The fourth-order valence-electron chi connectivity index (χ4n) is 4.60. The number of hydrogen-bond acceptors (Lipinski definition) is 2. The van der Waals surface area contributed by atoms with Crippen molar-refractivity contribution < 1.29 is 23.1 Å². The predicted molar refractivity (Wildman–Crippen MR) is 101 cm³/mol. The Morgan fingerprint density at radius 3 is 2.31 bits per heavy atom. The van der Waals surface area contributed by atoms with Gasteiger partial charge in [0.2, 0.25) is 5.91 Å². The van der Waals surface area contributed by atoms with E-state index in [1.54, 1.807) is 6.07 Å². The molecule has 3 nitrogen and oxygen atoms in total. The molecular formula is C23H16F3NO2. The molecule has 3 aromatic rings. The molecule has 3 aromatic carbocycles. The molecule has 5 rings (SSSR count). The van der Waals surface area contributed by atoms with Crippen LogP contribution in [0.4, 0.5) is 18.9 Å². The number of amides is 1. The molecule has 1 aliphatic heterocycles. The van der Waals surface area contributed by atoms with E-state index in [1.807, 2.05) is 12.1 Å². The van der Waals surface area contributed by atoms with Gasteiger partial charge in [0.15, 0.2) is 17.5 Å². The van der Waals surface area contributed by atoms with E-state index in [-0.39, 0.29) is 17.0 Å². The molecule has 0 bridgehead atoms. The zero-order chi connectivity index (χ0) is 20.3. The van der Waals surface area contributed by atoms with Crippen LogP contribution in [0, 0.1) is 17.5 Å². The highest BCUT2D eigenvalue weighted by Gasteiger charge is 2.52. The number of carbonyl (C=O) groups excluding carboxylic acids is 1. The number of hydrogen-bond donors (Lipinski definition) is 2. The lowest BCUT2D eigenvalue weighted by Crippen LogP contribution is -2.37. The molecule has 1 amide bonds. The van der Waals surface area contributed by atoms with Crippen LogP contribution >= 0.6 is 0 Å². The highest BCUT2D eigenvalue weighted by atomic mass is 19.2. The number of nitrogens with one attached hydrogen (secondary N) is 1. The lowest BCUT2D eigenvalue weighted by molar-refractivity contribution is -0.118. The third kappa shape index (κ3) is 2.35. The average Bonchev–Trinajstić information content (AvgIpc) is 3.29. The van der Waals surface area contributed by atoms with Crippen LogP contribution in [0.5, 0.6) is 5.75 Å². The van der Waals surface area contributed by atoms with Gasteiger partial charge >= 0.3 is 0 Å². The van der Waals surface area contributed by atoms with Crippen molar-refractivity contribution in [2.45, 2.75) is 24.7 Å². The first kappa shape index (κ1) is 17.8. The first-order chi connectivity index (χ1) is 13.9. The number of rotatable bonds is 2. The minimum Gasteiger partial charge on any atom is -0.508 e. The summed E-state index contributed by atoms with van der Waals surface area (Å²) in [7, 11) is 0. The summed E-state index contributed by atoms with van der Waals surface area (Å²) in [6.45, 7) is 0. The van der Waals surface area contributed by atoms with Gasteiger partial charge in [0.05, 0.1) is 5.69 Å². The first-order valence-corrected chi connectivity index (χ1v) is 9.34. The van der Waals surface area contributed by atoms with Crippen LogP contribution in [-0.4, -0.2) is 11.0 Å². The topological polar surface area (TPSA) is 49.3 Å².